The lowest BCUT2D eigenvalue weighted by molar-refractivity contribution is 0.696. The summed E-state index contributed by atoms with van der Waals surface area (Å²) in [7, 11) is 1.81. The van der Waals surface area contributed by atoms with Gasteiger partial charge < -0.3 is 15.5 Å². The van der Waals surface area contributed by atoms with E-state index in [1.165, 1.54) is 16.1 Å². The molecule has 1 unspecified atom stereocenters. The molecule has 0 saturated heterocycles. The van der Waals surface area contributed by atoms with Crippen LogP contribution in [-0.4, -0.2) is 26.1 Å². The van der Waals surface area contributed by atoms with Crippen molar-refractivity contribution < 1.29 is 0 Å². The minimum absolute atomic E-state index is 0.248. The lowest BCUT2D eigenvalue weighted by Crippen LogP contribution is -2.38. The van der Waals surface area contributed by atoms with Gasteiger partial charge in [0.15, 0.2) is 5.96 Å². The topological polar surface area (TPSA) is 39.7 Å². The van der Waals surface area contributed by atoms with E-state index in [0.717, 1.165) is 25.6 Å². The minimum atomic E-state index is 0.248. The molecule has 1 aromatic carbocycles. The van der Waals surface area contributed by atoms with E-state index in [0.29, 0.717) is 0 Å². The van der Waals surface area contributed by atoms with Gasteiger partial charge in [0.05, 0.1) is 6.04 Å². The van der Waals surface area contributed by atoms with Crippen molar-refractivity contribution in [3.05, 3.63) is 64.4 Å². The molecule has 1 aliphatic rings. The monoisotopic (exact) mass is 340 g/mol. The van der Waals surface area contributed by atoms with Crippen molar-refractivity contribution in [2.45, 2.75) is 19.5 Å². The maximum atomic E-state index is 4.33. The van der Waals surface area contributed by atoms with Crippen LogP contribution in [0.2, 0.25) is 0 Å². The molecular formula is C19H24N4S. The second-order valence-electron chi connectivity index (χ2n) is 5.85. The first-order valence-electron chi connectivity index (χ1n) is 8.26. The predicted octanol–water partition coefficient (Wildman–Crippen LogP) is 3.55. The zero-order valence-corrected chi connectivity index (χ0v) is 15.0. The molecule has 0 fully saturated rings. The molecule has 2 N–H and O–H groups in total. The zero-order chi connectivity index (χ0) is 16.8. The average molecular weight is 340 g/mol. The number of guanidine groups is 1. The Bertz CT molecular complexity index is 698. The molecule has 3 rings (SSSR count). The Morgan fingerprint density at radius 1 is 1.25 bits per heavy atom. The first kappa shape index (κ1) is 16.6. The quantitative estimate of drug-likeness (QED) is 0.497. The number of hydrogen-bond acceptors (Lipinski definition) is 3. The third kappa shape index (κ3) is 4.17. The molecule has 0 aliphatic carbocycles. The van der Waals surface area contributed by atoms with Gasteiger partial charge in [-0.3, -0.25) is 4.99 Å². The van der Waals surface area contributed by atoms with Gasteiger partial charge in [-0.25, -0.2) is 0 Å². The molecule has 0 spiro atoms. The second kappa shape index (κ2) is 8.02. The molecule has 1 atom stereocenters. The average Bonchev–Trinajstić information content (AvgIpc) is 3.32. The maximum Gasteiger partial charge on any atom is 0.191 e. The standard InChI is InChI=1S/C19H24N4S/c1-15(18-9-6-12-24-18)22-19(20-2)21-14-16-7-5-8-17(13-16)23-10-3-4-11-23/h3-9,12-13,15H,10-11,14H2,1-2H3,(H2,20,21,22). The molecule has 0 bridgehead atoms. The van der Waals surface area contributed by atoms with Gasteiger partial charge in [0, 0.05) is 37.2 Å². The van der Waals surface area contributed by atoms with Crippen LogP contribution in [0.4, 0.5) is 5.69 Å². The van der Waals surface area contributed by atoms with Crippen molar-refractivity contribution in [3.63, 3.8) is 0 Å². The number of aliphatic imine (C=N–C) groups is 1. The Labute approximate surface area is 147 Å². The van der Waals surface area contributed by atoms with Crippen LogP contribution in [0, 0.1) is 0 Å². The number of nitrogens with one attached hydrogen (secondary N) is 2. The van der Waals surface area contributed by atoms with Gasteiger partial charge in [-0.1, -0.05) is 30.4 Å². The second-order valence-corrected chi connectivity index (χ2v) is 6.83. The molecule has 5 heteroatoms. The van der Waals surface area contributed by atoms with E-state index >= 15 is 0 Å². The Kier molecular flexibility index (Phi) is 5.54. The first-order chi connectivity index (χ1) is 11.8. The number of anilines is 1. The van der Waals surface area contributed by atoms with Crippen molar-refractivity contribution in [1.29, 1.82) is 0 Å². The summed E-state index contributed by atoms with van der Waals surface area (Å²) in [5.74, 6) is 0.823. The molecule has 0 saturated carbocycles. The SMILES string of the molecule is CN=C(NCc1cccc(N2CC=CC2)c1)NC(C)c1cccs1. The molecule has 0 radical (unpaired) electrons. The van der Waals surface area contributed by atoms with E-state index < -0.39 is 0 Å². The van der Waals surface area contributed by atoms with Crippen LogP contribution in [0.25, 0.3) is 0 Å². The predicted molar refractivity (Wildman–Crippen MR) is 104 cm³/mol. The molecule has 4 nitrogen and oxygen atoms in total. The van der Waals surface area contributed by atoms with Crippen LogP contribution in [0.5, 0.6) is 0 Å². The summed E-state index contributed by atoms with van der Waals surface area (Å²) in [6.45, 7) is 4.91. The van der Waals surface area contributed by atoms with Crippen LogP contribution in [0.3, 0.4) is 0 Å². The highest BCUT2D eigenvalue weighted by Gasteiger charge is 2.10. The highest BCUT2D eigenvalue weighted by atomic mass is 32.1. The molecule has 1 aromatic heterocycles. The van der Waals surface area contributed by atoms with Crippen LogP contribution >= 0.6 is 11.3 Å². The number of benzene rings is 1. The summed E-state index contributed by atoms with van der Waals surface area (Å²) in [6.07, 6.45) is 4.42. The maximum absolute atomic E-state index is 4.33. The molecule has 2 heterocycles. The largest absolute Gasteiger partial charge is 0.364 e. The van der Waals surface area contributed by atoms with Crippen molar-refractivity contribution >= 4 is 23.0 Å². The fourth-order valence-electron chi connectivity index (χ4n) is 2.75. The Morgan fingerprint density at radius 2 is 2.08 bits per heavy atom. The van der Waals surface area contributed by atoms with Gasteiger partial charge >= 0.3 is 0 Å². The van der Waals surface area contributed by atoms with Crippen LogP contribution in [0.15, 0.2) is 58.9 Å². The molecule has 126 valence electrons. The highest BCUT2D eigenvalue weighted by Crippen LogP contribution is 2.19. The smallest absolute Gasteiger partial charge is 0.191 e. The third-order valence-corrected chi connectivity index (χ3v) is 5.16. The van der Waals surface area contributed by atoms with Gasteiger partial charge in [0.2, 0.25) is 0 Å². The summed E-state index contributed by atoms with van der Waals surface area (Å²) in [5.41, 5.74) is 2.53. The van der Waals surface area contributed by atoms with Crippen molar-refractivity contribution in [2.24, 2.45) is 4.99 Å². The summed E-state index contributed by atoms with van der Waals surface area (Å²) in [6, 6.07) is 13.2. The van der Waals surface area contributed by atoms with E-state index in [2.05, 4.69) is 81.4 Å². The van der Waals surface area contributed by atoms with Crippen molar-refractivity contribution in [1.82, 2.24) is 10.6 Å². The van der Waals surface area contributed by atoms with E-state index in [9.17, 15) is 0 Å². The minimum Gasteiger partial charge on any atom is -0.364 e. The van der Waals surface area contributed by atoms with Gasteiger partial charge in [0.1, 0.15) is 0 Å². The van der Waals surface area contributed by atoms with Crippen molar-refractivity contribution in [2.75, 3.05) is 25.0 Å². The van der Waals surface area contributed by atoms with Gasteiger partial charge in [0.25, 0.3) is 0 Å². The summed E-state index contributed by atoms with van der Waals surface area (Å²) in [4.78, 5) is 8.00. The molecule has 0 amide bonds. The molecule has 2 aromatic rings. The summed E-state index contributed by atoms with van der Waals surface area (Å²) in [5, 5.41) is 8.94. The number of nitrogens with zero attached hydrogens (tertiary/aromatic N) is 2. The lowest BCUT2D eigenvalue weighted by Gasteiger charge is -2.19. The van der Waals surface area contributed by atoms with Gasteiger partial charge in [-0.05, 0) is 36.1 Å². The first-order valence-corrected chi connectivity index (χ1v) is 9.13. The van der Waals surface area contributed by atoms with E-state index in [1.54, 1.807) is 11.3 Å². The molecule has 1 aliphatic heterocycles. The fourth-order valence-corrected chi connectivity index (χ4v) is 3.48. The molecular weight excluding hydrogens is 316 g/mol. The highest BCUT2D eigenvalue weighted by molar-refractivity contribution is 7.10. The lowest BCUT2D eigenvalue weighted by atomic mass is 10.2. The Morgan fingerprint density at radius 3 is 2.79 bits per heavy atom. The van der Waals surface area contributed by atoms with Crippen molar-refractivity contribution in [3.8, 4) is 0 Å². The zero-order valence-electron chi connectivity index (χ0n) is 14.2. The van der Waals surface area contributed by atoms with Crippen LogP contribution in [-0.2, 0) is 6.54 Å². The number of thiophene rings is 1. The van der Waals surface area contributed by atoms with E-state index in [1.807, 2.05) is 7.05 Å². The van der Waals surface area contributed by atoms with E-state index in [-0.39, 0.29) is 6.04 Å². The third-order valence-electron chi connectivity index (χ3n) is 4.10. The summed E-state index contributed by atoms with van der Waals surface area (Å²) < 4.78 is 0. The number of rotatable bonds is 5. The Hall–Kier alpha value is -2.27. The Balaban J connectivity index is 1.56. The van der Waals surface area contributed by atoms with Crippen LogP contribution in [0.1, 0.15) is 23.4 Å². The number of hydrogen-bond donors (Lipinski definition) is 2. The van der Waals surface area contributed by atoms with Gasteiger partial charge in [-0.2, -0.15) is 0 Å². The van der Waals surface area contributed by atoms with E-state index in [4.69, 9.17) is 0 Å². The summed E-state index contributed by atoms with van der Waals surface area (Å²) >= 11 is 1.76. The van der Waals surface area contributed by atoms with Crippen LogP contribution < -0.4 is 15.5 Å². The van der Waals surface area contributed by atoms with Gasteiger partial charge in [-0.15, -0.1) is 11.3 Å². The normalized spacial score (nSPS) is 15.6. The molecule has 24 heavy (non-hydrogen) atoms. The fraction of sp³-hybridized carbons (Fsp3) is 0.316.